The maximum atomic E-state index is 12.1. The lowest BCUT2D eigenvalue weighted by molar-refractivity contribution is 0.0600. The minimum Gasteiger partial charge on any atom is -0.465 e. The molecule has 3 rings (SSSR count). The predicted octanol–water partition coefficient (Wildman–Crippen LogP) is 2.59. The molecule has 0 saturated heterocycles. The van der Waals surface area contributed by atoms with E-state index in [1.807, 2.05) is 0 Å². The fraction of sp³-hybridized carbons (Fsp3) is 0.267. The number of hydrogen-bond acceptors (Lipinski definition) is 5. The fourth-order valence-electron chi connectivity index (χ4n) is 1.99. The van der Waals surface area contributed by atoms with E-state index in [0.717, 1.165) is 18.6 Å². The lowest BCUT2D eigenvalue weighted by atomic mass is 10.2. The number of hydrogen-bond donors (Lipinski definition) is 1. The summed E-state index contributed by atoms with van der Waals surface area (Å²) in [6, 6.07) is 8.18. The molecule has 1 aromatic carbocycles. The third-order valence-electron chi connectivity index (χ3n) is 3.28. The summed E-state index contributed by atoms with van der Waals surface area (Å²) in [5.74, 6) is 0.335. The highest BCUT2D eigenvalue weighted by Gasteiger charge is 2.28. The number of aromatic nitrogens is 1. The molecule has 108 valence electrons. The Labute approximate surface area is 121 Å². The Morgan fingerprint density at radius 3 is 2.86 bits per heavy atom. The molecule has 1 N–H and O–H groups in total. The summed E-state index contributed by atoms with van der Waals surface area (Å²) in [6.45, 7) is 0. The number of rotatable bonds is 4. The van der Waals surface area contributed by atoms with Crippen LogP contribution in [0.3, 0.4) is 0 Å². The van der Waals surface area contributed by atoms with Crippen LogP contribution in [-0.2, 0) is 4.74 Å². The van der Waals surface area contributed by atoms with Gasteiger partial charge in [-0.2, -0.15) is 0 Å². The number of nitrogens with zero attached hydrogens (tertiary/aromatic N) is 1. The van der Waals surface area contributed by atoms with Crippen molar-refractivity contribution in [3.05, 3.63) is 47.3 Å². The molecule has 6 nitrogen and oxygen atoms in total. The smallest absolute Gasteiger partial charge is 0.337 e. The lowest BCUT2D eigenvalue weighted by Crippen LogP contribution is -2.12. The van der Waals surface area contributed by atoms with E-state index in [1.54, 1.807) is 30.3 Å². The SMILES string of the molecule is COC(=O)c1cccc(NC(=O)c2cc(C3CC3)on2)c1. The molecular formula is C15H14N2O4. The van der Waals surface area contributed by atoms with Crippen molar-refractivity contribution in [1.82, 2.24) is 5.16 Å². The van der Waals surface area contributed by atoms with E-state index in [4.69, 9.17) is 4.52 Å². The molecule has 0 aliphatic heterocycles. The largest absolute Gasteiger partial charge is 0.465 e. The molecule has 1 aromatic heterocycles. The standard InChI is InChI=1S/C15H14N2O4/c1-20-15(19)10-3-2-4-11(7-10)16-14(18)12-8-13(21-17-12)9-5-6-9/h2-4,7-9H,5-6H2,1H3,(H,16,18). The molecule has 6 heteroatoms. The van der Waals surface area contributed by atoms with Crippen molar-refractivity contribution in [3.63, 3.8) is 0 Å². The highest BCUT2D eigenvalue weighted by Crippen LogP contribution is 2.40. The van der Waals surface area contributed by atoms with Crippen LogP contribution in [0, 0.1) is 0 Å². The van der Waals surface area contributed by atoms with E-state index in [-0.39, 0.29) is 11.6 Å². The summed E-state index contributed by atoms with van der Waals surface area (Å²) >= 11 is 0. The Morgan fingerprint density at radius 2 is 2.14 bits per heavy atom. The van der Waals surface area contributed by atoms with Gasteiger partial charge in [-0.3, -0.25) is 4.79 Å². The lowest BCUT2D eigenvalue weighted by Gasteiger charge is -2.04. The van der Waals surface area contributed by atoms with Crippen LogP contribution in [0.25, 0.3) is 0 Å². The Morgan fingerprint density at radius 1 is 1.33 bits per heavy atom. The van der Waals surface area contributed by atoms with Crippen molar-refractivity contribution in [2.75, 3.05) is 12.4 Å². The van der Waals surface area contributed by atoms with Crippen LogP contribution in [0.5, 0.6) is 0 Å². The average Bonchev–Trinajstić information content (AvgIpc) is 3.23. The highest BCUT2D eigenvalue weighted by molar-refractivity contribution is 6.03. The quantitative estimate of drug-likeness (QED) is 0.874. The Hall–Kier alpha value is -2.63. The van der Waals surface area contributed by atoms with Gasteiger partial charge in [-0.05, 0) is 31.0 Å². The Kier molecular flexibility index (Phi) is 3.43. The number of ether oxygens (including phenoxy) is 1. The van der Waals surface area contributed by atoms with Crippen LogP contribution in [-0.4, -0.2) is 24.1 Å². The van der Waals surface area contributed by atoms with E-state index in [0.29, 0.717) is 17.2 Å². The minimum atomic E-state index is -0.455. The molecule has 1 aliphatic rings. The molecule has 21 heavy (non-hydrogen) atoms. The maximum Gasteiger partial charge on any atom is 0.337 e. The maximum absolute atomic E-state index is 12.1. The zero-order valence-corrected chi connectivity index (χ0v) is 11.5. The van der Waals surface area contributed by atoms with Crippen LogP contribution < -0.4 is 5.32 Å². The summed E-state index contributed by atoms with van der Waals surface area (Å²) in [6.07, 6.45) is 2.16. The van der Waals surface area contributed by atoms with Gasteiger partial charge in [0.1, 0.15) is 5.76 Å². The van der Waals surface area contributed by atoms with Gasteiger partial charge in [0.25, 0.3) is 5.91 Å². The Balaban J connectivity index is 1.72. The average molecular weight is 286 g/mol. The molecular weight excluding hydrogens is 272 g/mol. The first-order chi connectivity index (χ1) is 10.2. The number of carbonyl (C=O) groups is 2. The number of esters is 1. The van der Waals surface area contributed by atoms with Gasteiger partial charge in [0, 0.05) is 17.7 Å². The molecule has 1 fully saturated rings. The van der Waals surface area contributed by atoms with Crippen LogP contribution in [0.4, 0.5) is 5.69 Å². The molecule has 0 bridgehead atoms. The third-order valence-corrected chi connectivity index (χ3v) is 3.28. The van der Waals surface area contributed by atoms with Crippen molar-refractivity contribution in [1.29, 1.82) is 0 Å². The first-order valence-corrected chi connectivity index (χ1v) is 6.63. The molecule has 1 aliphatic carbocycles. The Bertz CT molecular complexity index is 688. The number of amides is 1. The van der Waals surface area contributed by atoms with E-state index in [2.05, 4.69) is 15.2 Å². The molecule has 0 radical (unpaired) electrons. The van der Waals surface area contributed by atoms with Gasteiger partial charge < -0.3 is 14.6 Å². The molecule has 1 heterocycles. The van der Waals surface area contributed by atoms with Crippen molar-refractivity contribution < 1.29 is 18.8 Å². The van der Waals surface area contributed by atoms with Crippen LogP contribution in [0.1, 0.15) is 45.4 Å². The van der Waals surface area contributed by atoms with Gasteiger partial charge in [-0.25, -0.2) is 4.79 Å². The summed E-state index contributed by atoms with van der Waals surface area (Å²) in [4.78, 5) is 23.5. The number of nitrogens with one attached hydrogen (secondary N) is 1. The summed E-state index contributed by atoms with van der Waals surface area (Å²) in [5.41, 5.74) is 1.10. The molecule has 1 amide bonds. The highest BCUT2D eigenvalue weighted by atomic mass is 16.5. The number of carbonyl (C=O) groups excluding carboxylic acids is 2. The zero-order chi connectivity index (χ0) is 14.8. The number of methoxy groups -OCH3 is 1. The van der Waals surface area contributed by atoms with E-state index < -0.39 is 5.97 Å². The minimum absolute atomic E-state index is 0.236. The van der Waals surface area contributed by atoms with E-state index >= 15 is 0 Å². The zero-order valence-electron chi connectivity index (χ0n) is 11.5. The van der Waals surface area contributed by atoms with Crippen molar-refractivity contribution in [3.8, 4) is 0 Å². The number of benzene rings is 1. The predicted molar refractivity (Wildman–Crippen MR) is 74.2 cm³/mol. The first kappa shape index (κ1) is 13.4. The van der Waals surface area contributed by atoms with Gasteiger partial charge in [-0.1, -0.05) is 11.2 Å². The molecule has 1 saturated carbocycles. The number of anilines is 1. The fourth-order valence-corrected chi connectivity index (χ4v) is 1.99. The van der Waals surface area contributed by atoms with Crippen molar-refractivity contribution >= 4 is 17.6 Å². The van der Waals surface area contributed by atoms with Crippen LogP contribution in [0.15, 0.2) is 34.9 Å². The van der Waals surface area contributed by atoms with Crippen LogP contribution >= 0.6 is 0 Å². The monoisotopic (exact) mass is 286 g/mol. The topological polar surface area (TPSA) is 81.4 Å². The second kappa shape index (κ2) is 5.40. The molecule has 2 aromatic rings. The molecule has 0 unspecified atom stereocenters. The molecule has 0 spiro atoms. The third kappa shape index (κ3) is 2.94. The van der Waals surface area contributed by atoms with Gasteiger partial charge in [-0.15, -0.1) is 0 Å². The van der Waals surface area contributed by atoms with Gasteiger partial charge >= 0.3 is 5.97 Å². The van der Waals surface area contributed by atoms with Gasteiger partial charge in [0.2, 0.25) is 0 Å². The van der Waals surface area contributed by atoms with Gasteiger partial charge in [0.05, 0.1) is 12.7 Å². The van der Waals surface area contributed by atoms with E-state index in [1.165, 1.54) is 7.11 Å². The summed E-state index contributed by atoms with van der Waals surface area (Å²) < 4.78 is 9.78. The molecule has 0 atom stereocenters. The summed E-state index contributed by atoms with van der Waals surface area (Å²) in [5, 5.41) is 6.45. The van der Waals surface area contributed by atoms with E-state index in [9.17, 15) is 9.59 Å². The second-order valence-electron chi connectivity index (χ2n) is 4.92. The van der Waals surface area contributed by atoms with Crippen molar-refractivity contribution in [2.45, 2.75) is 18.8 Å². The first-order valence-electron chi connectivity index (χ1n) is 6.63. The van der Waals surface area contributed by atoms with Crippen LogP contribution in [0.2, 0.25) is 0 Å². The van der Waals surface area contributed by atoms with Crippen molar-refractivity contribution in [2.24, 2.45) is 0 Å². The second-order valence-corrected chi connectivity index (χ2v) is 4.92. The summed E-state index contributed by atoms with van der Waals surface area (Å²) in [7, 11) is 1.31. The van der Waals surface area contributed by atoms with Gasteiger partial charge in [0.15, 0.2) is 5.69 Å². The normalized spacial score (nSPS) is 13.8.